The number of aryl methyl sites for hydroxylation is 2. The summed E-state index contributed by atoms with van der Waals surface area (Å²) in [4.78, 5) is 29.1. The van der Waals surface area contributed by atoms with Crippen molar-refractivity contribution in [1.29, 1.82) is 0 Å². The summed E-state index contributed by atoms with van der Waals surface area (Å²) in [5.74, 6) is -0.847. The summed E-state index contributed by atoms with van der Waals surface area (Å²) >= 11 is 0. The van der Waals surface area contributed by atoms with Crippen LogP contribution in [0, 0.1) is 0 Å². The lowest BCUT2D eigenvalue weighted by molar-refractivity contribution is -0.137. The van der Waals surface area contributed by atoms with Gasteiger partial charge in [0.2, 0.25) is 0 Å². The zero-order valence-electron chi connectivity index (χ0n) is 20.2. The second-order valence-electron chi connectivity index (χ2n) is 9.49. The minimum absolute atomic E-state index is 0.0292. The number of carboxylic acids is 1. The zero-order chi connectivity index (χ0) is 24.9. The van der Waals surface area contributed by atoms with E-state index in [0.717, 1.165) is 59.8 Å². The smallest absolute Gasteiger partial charge is 0.303 e. The van der Waals surface area contributed by atoms with Gasteiger partial charge in [-0.2, -0.15) is 0 Å². The summed E-state index contributed by atoms with van der Waals surface area (Å²) in [6.07, 6.45) is 5.35. The highest BCUT2D eigenvalue weighted by molar-refractivity contribution is 5.98. The molecule has 1 heterocycles. The van der Waals surface area contributed by atoms with Gasteiger partial charge < -0.3 is 10.4 Å². The molecule has 5 rings (SSSR count). The maximum absolute atomic E-state index is 13.2. The van der Waals surface area contributed by atoms with Crippen LogP contribution in [0.3, 0.4) is 0 Å². The lowest BCUT2D eigenvalue weighted by Gasteiger charge is -2.26. The van der Waals surface area contributed by atoms with Crippen LogP contribution in [-0.2, 0) is 17.6 Å². The van der Waals surface area contributed by atoms with Gasteiger partial charge in [-0.05, 0) is 79.5 Å². The Morgan fingerprint density at radius 2 is 1.75 bits per heavy atom. The summed E-state index contributed by atoms with van der Waals surface area (Å²) in [7, 11) is 0. The minimum atomic E-state index is -0.772. The van der Waals surface area contributed by atoms with Crippen LogP contribution in [0.2, 0.25) is 0 Å². The van der Waals surface area contributed by atoms with E-state index in [-0.39, 0.29) is 18.4 Å². The Hall–Kier alpha value is -3.99. The number of carbonyl (C=O) groups is 2. The van der Waals surface area contributed by atoms with Gasteiger partial charge in [-0.3, -0.25) is 9.59 Å². The first-order valence-electron chi connectivity index (χ1n) is 12.7. The first-order valence-corrected chi connectivity index (χ1v) is 12.7. The Balaban J connectivity index is 1.42. The van der Waals surface area contributed by atoms with Crippen LogP contribution in [0.5, 0.6) is 0 Å². The number of unbranched alkanes of at least 4 members (excludes halogenated alkanes) is 1. The SMILES string of the molecule is O=C(O)CCCCc1cc2cc(C(=O)N[C@H]3CCCc4ccccc43)ccc2nc1-c1ccccc1. The molecule has 182 valence electrons. The van der Waals surface area contributed by atoms with Crippen molar-refractivity contribution in [3.8, 4) is 11.3 Å². The molecule has 1 aromatic heterocycles. The molecule has 0 fully saturated rings. The number of hydrogen-bond donors (Lipinski definition) is 2. The number of pyridine rings is 1. The van der Waals surface area contributed by atoms with Crippen molar-refractivity contribution in [1.82, 2.24) is 10.3 Å². The number of carboxylic acid groups (broad SMARTS) is 1. The van der Waals surface area contributed by atoms with Crippen molar-refractivity contribution in [3.05, 3.63) is 101 Å². The molecule has 1 atom stereocenters. The number of carbonyl (C=O) groups excluding carboxylic acids is 1. The highest BCUT2D eigenvalue weighted by atomic mass is 16.4. The van der Waals surface area contributed by atoms with Crippen LogP contribution < -0.4 is 5.32 Å². The number of fused-ring (bicyclic) bond motifs is 2. The molecule has 1 amide bonds. The van der Waals surface area contributed by atoms with Gasteiger partial charge in [-0.15, -0.1) is 0 Å². The third kappa shape index (κ3) is 5.30. The minimum Gasteiger partial charge on any atom is -0.481 e. The normalized spacial score (nSPS) is 14.8. The molecular weight excluding hydrogens is 448 g/mol. The zero-order valence-corrected chi connectivity index (χ0v) is 20.2. The summed E-state index contributed by atoms with van der Waals surface area (Å²) in [5.41, 5.74) is 7.01. The van der Waals surface area contributed by atoms with Crippen molar-refractivity contribution < 1.29 is 14.7 Å². The van der Waals surface area contributed by atoms with Crippen molar-refractivity contribution >= 4 is 22.8 Å². The number of aromatic nitrogens is 1. The lowest BCUT2D eigenvalue weighted by atomic mass is 9.87. The first kappa shape index (κ1) is 23.7. The summed E-state index contributed by atoms with van der Waals surface area (Å²) in [6.45, 7) is 0. The number of rotatable bonds is 8. The van der Waals surface area contributed by atoms with Gasteiger partial charge in [0.25, 0.3) is 5.91 Å². The van der Waals surface area contributed by atoms with Gasteiger partial charge >= 0.3 is 5.97 Å². The number of benzene rings is 3. The molecule has 0 bridgehead atoms. The number of aliphatic carboxylic acids is 1. The van der Waals surface area contributed by atoms with E-state index in [9.17, 15) is 9.59 Å². The Labute approximate surface area is 211 Å². The first-order chi connectivity index (χ1) is 17.6. The fourth-order valence-corrected chi connectivity index (χ4v) is 5.14. The molecule has 1 aliphatic carbocycles. The molecule has 0 unspecified atom stereocenters. The number of amides is 1. The maximum Gasteiger partial charge on any atom is 0.303 e. The van der Waals surface area contributed by atoms with E-state index in [1.54, 1.807) is 0 Å². The fourth-order valence-electron chi connectivity index (χ4n) is 5.14. The van der Waals surface area contributed by atoms with Gasteiger partial charge in [0.1, 0.15) is 0 Å². The van der Waals surface area contributed by atoms with Crippen LogP contribution in [-0.4, -0.2) is 22.0 Å². The highest BCUT2D eigenvalue weighted by Gasteiger charge is 2.22. The summed E-state index contributed by atoms with van der Waals surface area (Å²) in [5, 5.41) is 13.2. The Bertz CT molecular complexity index is 1400. The summed E-state index contributed by atoms with van der Waals surface area (Å²) in [6, 6.07) is 26.2. The van der Waals surface area contributed by atoms with Gasteiger partial charge in [0.15, 0.2) is 0 Å². The lowest BCUT2D eigenvalue weighted by Crippen LogP contribution is -2.30. The fraction of sp³-hybridized carbons (Fsp3) is 0.258. The molecule has 0 aliphatic heterocycles. The largest absolute Gasteiger partial charge is 0.481 e. The molecule has 4 aromatic rings. The monoisotopic (exact) mass is 478 g/mol. The van der Waals surface area contributed by atoms with Crippen molar-refractivity contribution in [2.75, 3.05) is 0 Å². The molecule has 0 radical (unpaired) electrons. The van der Waals surface area contributed by atoms with Crippen LogP contribution in [0.15, 0.2) is 78.9 Å². The van der Waals surface area contributed by atoms with Crippen LogP contribution in [0.25, 0.3) is 22.2 Å². The molecule has 3 aromatic carbocycles. The quantitative estimate of drug-likeness (QED) is 0.283. The highest BCUT2D eigenvalue weighted by Crippen LogP contribution is 2.31. The number of hydrogen-bond acceptors (Lipinski definition) is 3. The van der Waals surface area contributed by atoms with Gasteiger partial charge in [-0.25, -0.2) is 4.98 Å². The van der Waals surface area contributed by atoms with E-state index in [1.165, 1.54) is 11.1 Å². The number of nitrogens with one attached hydrogen (secondary N) is 1. The predicted molar refractivity (Wildman–Crippen MR) is 142 cm³/mol. The third-order valence-corrected chi connectivity index (χ3v) is 6.96. The van der Waals surface area contributed by atoms with Crippen LogP contribution in [0.1, 0.15) is 65.2 Å². The predicted octanol–water partition coefficient (Wildman–Crippen LogP) is 6.51. The average molecular weight is 479 g/mol. The van der Waals surface area contributed by atoms with Gasteiger partial charge in [-0.1, -0.05) is 54.6 Å². The van der Waals surface area contributed by atoms with E-state index in [0.29, 0.717) is 12.0 Å². The standard InChI is InChI=1S/C31H30N2O3/c34-29(35)16-7-5-12-23-19-25-20-24(17-18-27(25)32-30(23)22-10-2-1-3-11-22)31(36)33-28-15-8-13-21-9-4-6-14-26(21)28/h1-4,6,9-11,14,17-20,28H,5,7-8,12-13,15-16H2,(H,33,36)(H,34,35)/t28-/m0/s1. The molecule has 1 aliphatic rings. The molecule has 5 nitrogen and oxygen atoms in total. The van der Waals surface area contributed by atoms with Crippen molar-refractivity contribution in [2.45, 2.75) is 51.0 Å². The number of nitrogens with zero attached hydrogens (tertiary/aromatic N) is 1. The van der Waals surface area contributed by atoms with Crippen molar-refractivity contribution in [2.24, 2.45) is 0 Å². The molecule has 0 spiro atoms. The Morgan fingerprint density at radius 1 is 0.944 bits per heavy atom. The van der Waals surface area contributed by atoms with E-state index < -0.39 is 5.97 Å². The van der Waals surface area contributed by atoms with E-state index in [4.69, 9.17) is 10.1 Å². The van der Waals surface area contributed by atoms with E-state index in [2.05, 4.69) is 29.6 Å². The molecular formula is C31H30N2O3. The van der Waals surface area contributed by atoms with Gasteiger partial charge in [0.05, 0.1) is 17.3 Å². The van der Waals surface area contributed by atoms with Crippen LogP contribution >= 0.6 is 0 Å². The second kappa shape index (κ2) is 10.7. The van der Waals surface area contributed by atoms with Crippen molar-refractivity contribution in [3.63, 3.8) is 0 Å². The van der Waals surface area contributed by atoms with E-state index >= 15 is 0 Å². The molecule has 0 saturated heterocycles. The van der Waals surface area contributed by atoms with Gasteiger partial charge in [0, 0.05) is 22.9 Å². The second-order valence-corrected chi connectivity index (χ2v) is 9.49. The molecule has 36 heavy (non-hydrogen) atoms. The third-order valence-electron chi connectivity index (χ3n) is 6.96. The average Bonchev–Trinajstić information content (AvgIpc) is 2.91. The Morgan fingerprint density at radius 3 is 2.58 bits per heavy atom. The maximum atomic E-state index is 13.2. The molecule has 5 heteroatoms. The van der Waals surface area contributed by atoms with E-state index in [1.807, 2.05) is 54.6 Å². The molecule has 0 saturated carbocycles. The summed E-state index contributed by atoms with van der Waals surface area (Å²) < 4.78 is 0. The Kier molecular flexibility index (Phi) is 7.08. The molecule has 2 N–H and O–H groups in total. The van der Waals surface area contributed by atoms with Crippen LogP contribution in [0.4, 0.5) is 0 Å². The topological polar surface area (TPSA) is 79.3 Å².